The highest BCUT2D eigenvalue weighted by molar-refractivity contribution is 7.89. The minimum atomic E-state index is -3.85. The van der Waals surface area contributed by atoms with Gasteiger partial charge in [0.1, 0.15) is 16.7 Å². The predicted octanol–water partition coefficient (Wildman–Crippen LogP) is 1.81. The maximum Gasteiger partial charge on any atom is 0.247 e. The monoisotopic (exact) mass is 443 g/mol. The molecular formula is C23H29N3O4S. The molecule has 0 bridgehead atoms. The summed E-state index contributed by atoms with van der Waals surface area (Å²) in [6.45, 7) is 4.33. The van der Waals surface area contributed by atoms with E-state index in [1.807, 2.05) is 38.1 Å². The fourth-order valence-electron chi connectivity index (χ4n) is 3.46. The second kappa shape index (κ2) is 9.79. The van der Waals surface area contributed by atoms with Gasteiger partial charge in [-0.15, -0.1) is 0 Å². The van der Waals surface area contributed by atoms with E-state index in [2.05, 4.69) is 16.8 Å². The number of pyridine rings is 1. The molecule has 166 valence electrons. The Kier molecular flexibility index (Phi) is 7.34. The molecule has 8 heteroatoms. The molecule has 0 unspecified atom stereocenters. The first-order valence-electron chi connectivity index (χ1n) is 10.2. The zero-order valence-electron chi connectivity index (χ0n) is 18.3. The van der Waals surface area contributed by atoms with Crippen LogP contribution in [0.1, 0.15) is 25.0 Å². The fourth-order valence-corrected chi connectivity index (χ4v) is 5.29. The Morgan fingerprint density at radius 3 is 2.68 bits per heavy atom. The summed E-state index contributed by atoms with van der Waals surface area (Å²) in [5.74, 6) is 6.30. The molecule has 7 nitrogen and oxygen atoms in total. The molecule has 3 atom stereocenters. The summed E-state index contributed by atoms with van der Waals surface area (Å²) in [6.07, 6.45) is 3.13. The van der Waals surface area contributed by atoms with Crippen LogP contribution in [0, 0.1) is 17.8 Å². The molecule has 1 N–H and O–H groups in total. The average Bonchev–Trinajstić information content (AvgIpc) is 2.74. The molecule has 0 radical (unpaired) electrons. The number of fused-ring (bicyclic) bond motifs is 1. The van der Waals surface area contributed by atoms with Crippen LogP contribution in [-0.4, -0.2) is 73.7 Å². The Morgan fingerprint density at radius 2 is 2.03 bits per heavy atom. The molecule has 0 saturated carbocycles. The van der Waals surface area contributed by atoms with E-state index < -0.39 is 16.1 Å². The molecule has 1 aliphatic rings. The first-order chi connectivity index (χ1) is 14.7. The normalized spacial score (nSPS) is 21.7. The maximum atomic E-state index is 13.4. The zero-order chi connectivity index (χ0) is 22.6. The summed E-state index contributed by atoms with van der Waals surface area (Å²) in [7, 11) is 0.0634. The van der Waals surface area contributed by atoms with Gasteiger partial charge in [0.2, 0.25) is 10.0 Å². The molecule has 0 aliphatic carbocycles. The van der Waals surface area contributed by atoms with E-state index in [9.17, 15) is 13.5 Å². The lowest BCUT2D eigenvalue weighted by Crippen LogP contribution is -2.49. The standard InChI is InChI=1S/C23H29N3O4S/c1-17-14-26(18(2)16-27)31(28,29)23-10-9-19(7-8-20-6-5-11-24-13-20)12-21(23)30-22(17)15-25(3)4/h5-6,9-13,17-18,22,27H,14-16H2,1-4H3/t17-,18+,22-/m1/s1. The number of rotatable bonds is 4. The highest BCUT2D eigenvalue weighted by Gasteiger charge is 2.37. The van der Waals surface area contributed by atoms with Gasteiger partial charge < -0.3 is 14.7 Å². The first kappa shape index (κ1) is 23.2. The van der Waals surface area contributed by atoms with Gasteiger partial charge >= 0.3 is 0 Å². The minimum Gasteiger partial charge on any atom is -0.487 e. The summed E-state index contributed by atoms with van der Waals surface area (Å²) >= 11 is 0. The Hall–Kier alpha value is -2.44. The van der Waals surface area contributed by atoms with Crippen LogP contribution in [0.4, 0.5) is 0 Å². The van der Waals surface area contributed by atoms with Crippen molar-refractivity contribution in [3.63, 3.8) is 0 Å². The predicted molar refractivity (Wildman–Crippen MR) is 119 cm³/mol. The maximum absolute atomic E-state index is 13.4. The number of aromatic nitrogens is 1. The number of ether oxygens (including phenoxy) is 1. The highest BCUT2D eigenvalue weighted by Crippen LogP contribution is 2.34. The van der Waals surface area contributed by atoms with Crippen LogP contribution in [0.5, 0.6) is 5.75 Å². The van der Waals surface area contributed by atoms with Crippen molar-refractivity contribution in [2.24, 2.45) is 5.92 Å². The molecule has 1 aliphatic heterocycles. The quantitative estimate of drug-likeness (QED) is 0.726. The smallest absolute Gasteiger partial charge is 0.247 e. The summed E-state index contributed by atoms with van der Waals surface area (Å²) in [5.41, 5.74) is 1.42. The molecule has 31 heavy (non-hydrogen) atoms. The molecule has 1 aromatic heterocycles. The largest absolute Gasteiger partial charge is 0.487 e. The number of benzene rings is 1. The number of aliphatic hydroxyl groups excluding tert-OH is 1. The molecular weight excluding hydrogens is 414 g/mol. The van der Waals surface area contributed by atoms with Gasteiger partial charge in [0.15, 0.2) is 0 Å². The van der Waals surface area contributed by atoms with E-state index in [0.717, 1.165) is 5.56 Å². The second-order valence-corrected chi connectivity index (χ2v) is 10.0. The van der Waals surface area contributed by atoms with E-state index in [0.29, 0.717) is 12.1 Å². The Balaban J connectivity index is 2.08. The van der Waals surface area contributed by atoms with Gasteiger partial charge in [-0.2, -0.15) is 4.31 Å². The second-order valence-electron chi connectivity index (χ2n) is 8.16. The lowest BCUT2D eigenvalue weighted by molar-refractivity contribution is 0.0812. The molecule has 0 saturated heterocycles. The molecule has 0 fully saturated rings. The van der Waals surface area contributed by atoms with Crippen molar-refractivity contribution in [2.45, 2.75) is 30.9 Å². The molecule has 2 aromatic rings. The van der Waals surface area contributed by atoms with Crippen molar-refractivity contribution in [2.75, 3.05) is 33.8 Å². The lowest BCUT2D eigenvalue weighted by Gasteiger charge is -2.37. The zero-order valence-corrected chi connectivity index (χ0v) is 19.1. The molecule has 2 heterocycles. The summed E-state index contributed by atoms with van der Waals surface area (Å²) in [6, 6.07) is 8.03. The highest BCUT2D eigenvalue weighted by atomic mass is 32.2. The van der Waals surface area contributed by atoms with Gasteiger partial charge in [0.25, 0.3) is 0 Å². The van der Waals surface area contributed by atoms with Gasteiger partial charge in [-0.05, 0) is 51.4 Å². The molecule has 0 spiro atoms. The van der Waals surface area contributed by atoms with E-state index >= 15 is 0 Å². The van der Waals surface area contributed by atoms with Crippen LogP contribution in [-0.2, 0) is 10.0 Å². The van der Waals surface area contributed by atoms with E-state index in [1.54, 1.807) is 31.5 Å². The lowest BCUT2D eigenvalue weighted by atomic mass is 10.0. The van der Waals surface area contributed by atoms with Crippen LogP contribution in [0.2, 0.25) is 0 Å². The Bertz CT molecular complexity index is 1060. The number of nitrogens with zero attached hydrogens (tertiary/aromatic N) is 3. The summed E-state index contributed by atoms with van der Waals surface area (Å²) < 4.78 is 34.5. The van der Waals surface area contributed by atoms with Crippen LogP contribution in [0.3, 0.4) is 0 Å². The van der Waals surface area contributed by atoms with Crippen molar-refractivity contribution in [3.05, 3.63) is 53.9 Å². The van der Waals surface area contributed by atoms with Crippen LogP contribution in [0.15, 0.2) is 47.6 Å². The first-order valence-corrected chi connectivity index (χ1v) is 11.7. The van der Waals surface area contributed by atoms with Gasteiger partial charge in [-0.3, -0.25) is 4.98 Å². The van der Waals surface area contributed by atoms with Crippen LogP contribution >= 0.6 is 0 Å². The number of aliphatic hydroxyl groups is 1. The molecule has 1 aromatic carbocycles. The fraction of sp³-hybridized carbons (Fsp3) is 0.435. The van der Waals surface area contributed by atoms with Gasteiger partial charge in [0, 0.05) is 48.6 Å². The van der Waals surface area contributed by atoms with E-state index in [1.165, 1.54) is 10.4 Å². The van der Waals surface area contributed by atoms with Gasteiger partial charge in [-0.1, -0.05) is 18.8 Å². The third kappa shape index (κ3) is 5.43. The number of sulfonamides is 1. The third-order valence-electron chi connectivity index (χ3n) is 5.22. The number of hydrogen-bond acceptors (Lipinski definition) is 6. The average molecular weight is 444 g/mol. The van der Waals surface area contributed by atoms with Crippen molar-refractivity contribution in [1.29, 1.82) is 0 Å². The summed E-state index contributed by atoms with van der Waals surface area (Å²) in [5, 5.41) is 9.68. The van der Waals surface area contributed by atoms with Crippen molar-refractivity contribution < 1.29 is 18.3 Å². The van der Waals surface area contributed by atoms with E-state index in [-0.39, 0.29) is 35.8 Å². The summed E-state index contributed by atoms with van der Waals surface area (Å²) in [4.78, 5) is 6.16. The van der Waals surface area contributed by atoms with Crippen molar-refractivity contribution in [3.8, 4) is 17.6 Å². The van der Waals surface area contributed by atoms with Crippen LogP contribution < -0.4 is 4.74 Å². The third-order valence-corrected chi connectivity index (χ3v) is 7.24. The number of hydrogen-bond donors (Lipinski definition) is 1. The van der Waals surface area contributed by atoms with Gasteiger partial charge in [-0.25, -0.2) is 8.42 Å². The van der Waals surface area contributed by atoms with Crippen LogP contribution in [0.25, 0.3) is 0 Å². The molecule has 0 amide bonds. The van der Waals surface area contributed by atoms with Gasteiger partial charge in [0.05, 0.1) is 6.61 Å². The minimum absolute atomic E-state index is 0.0792. The van der Waals surface area contributed by atoms with Crippen molar-refractivity contribution >= 4 is 10.0 Å². The number of likely N-dealkylation sites (N-methyl/N-ethyl adjacent to an activating group) is 1. The topological polar surface area (TPSA) is 83.0 Å². The van der Waals surface area contributed by atoms with E-state index in [4.69, 9.17) is 4.74 Å². The Labute approximate surface area is 184 Å². The van der Waals surface area contributed by atoms with Crippen molar-refractivity contribution in [1.82, 2.24) is 14.2 Å². The SMILES string of the molecule is C[C@@H]1CN([C@@H](C)CO)S(=O)(=O)c2ccc(C#Cc3cccnc3)cc2O[C@@H]1CN(C)C. The molecule has 3 rings (SSSR count). The Morgan fingerprint density at radius 1 is 1.29 bits per heavy atom.